The molecule has 0 saturated carbocycles. The molecule has 74 heavy (non-hydrogen) atoms. The molecule has 3 unspecified atom stereocenters. The Hall–Kier alpha value is -6.36. The maximum Gasteiger partial charge on any atom is 0.253 e. The van der Waals surface area contributed by atoms with Gasteiger partial charge in [0, 0.05) is 122 Å². The Labute approximate surface area is 442 Å². The van der Waals surface area contributed by atoms with Crippen LogP contribution in [0.4, 0.5) is 5.82 Å². The predicted molar refractivity (Wildman–Crippen MR) is 294 cm³/mol. The van der Waals surface area contributed by atoms with Gasteiger partial charge in [-0.2, -0.15) is 0 Å². The first kappa shape index (κ1) is 52.5. The lowest BCUT2D eigenvalue weighted by Gasteiger charge is -2.35. The fourth-order valence-electron chi connectivity index (χ4n) is 10.6. The number of aliphatic imine (C=N–C) groups is 1. The lowest BCUT2D eigenvalue weighted by atomic mass is 9.90. The molecule has 17 heteroatoms. The molecule has 3 aliphatic heterocycles. The van der Waals surface area contributed by atoms with Gasteiger partial charge >= 0.3 is 0 Å². The molecule has 6 aromatic rings. The number of ether oxygens (including phenoxy) is 1. The van der Waals surface area contributed by atoms with Gasteiger partial charge < -0.3 is 29.4 Å². The van der Waals surface area contributed by atoms with Crippen molar-refractivity contribution >= 4 is 63.4 Å². The van der Waals surface area contributed by atoms with Gasteiger partial charge in [-0.05, 0) is 131 Å². The van der Waals surface area contributed by atoms with E-state index >= 15 is 0 Å². The van der Waals surface area contributed by atoms with Gasteiger partial charge in [0.25, 0.3) is 11.5 Å². The van der Waals surface area contributed by atoms with E-state index in [1.54, 1.807) is 11.8 Å². The summed E-state index contributed by atoms with van der Waals surface area (Å²) in [5.41, 5.74) is 8.59. The van der Waals surface area contributed by atoms with Crippen molar-refractivity contribution in [3.05, 3.63) is 139 Å². The average molecular weight is 1040 g/mol. The van der Waals surface area contributed by atoms with Crippen LogP contribution in [0.2, 0.25) is 5.02 Å². The molecule has 15 nitrogen and oxygen atoms in total. The number of thioether (sulfide) groups is 1. The Morgan fingerprint density at radius 1 is 0.905 bits per heavy atom. The number of halogens is 1. The number of benzene rings is 2. The van der Waals surface area contributed by atoms with E-state index in [9.17, 15) is 19.2 Å². The molecule has 0 bridgehead atoms. The predicted octanol–water partition coefficient (Wildman–Crippen LogP) is 10.3. The van der Waals surface area contributed by atoms with E-state index in [1.165, 1.54) is 10.5 Å². The zero-order valence-electron chi connectivity index (χ0n) is 43.5. The molecule has 3 aliphatic rings. The Balaban J connectivity index is 0.739. The zero-order chi connectivity index (χ0) is 52.2. The summed E-state index contributed by atoms with van der Waals surface area (Å²) in [5.74, 6) is 2.33. The maximum atomic E-state index is 14.0. The van der Waals surface area contributed by atoms with Crippen LogP contribution in [0.1, 0.15) is 135 Å². The van der Waals surface area contributed by atoms with Gasteiger partial charge in [0.1, 0.15) is 23.5 Å². The molecule has 0 spiro atoms. The van der Waals surface area contributed by atoms with Crippen LogP contribution in [0.25, 0.3) is 22.0 Å². The van der Waals surface area contributed by atoms with Gasteiger partial charge in [0.2, 0.25) is 5.91 Å². The van der Waals surface area contributed by atoms with Gasteiger partial charge in [-0.3, -0.25) is 28.7 Å². The number of H-pyrrole nitrogens is 1. The largest absolute Gasteiger partial charge is 0.381 e. The van der Waals surface area contributed by atoms with E-state index in [-0.39, 0.29) is 53.5 Å². The molecule has 3 atom stereocenters. The first-order valence-corrected chi connectivity index (χ1v) is 27.3. The fourth-order valence-corrected chi connectivity index (χ4v) is 12.2. The third-order valence-electron chi connectivity index (χ3n) is 14.6. The second kappa shape index (κ2) is 23.0. The van der Waals surface area contributed by atoms with E-state index in [0.29, 0.717) is 81.2 Å². The lowest BCUT2D eigenvalue weighted by Crippen LogP contribution is -2.49. The number of allylic oxidation sites excluding steroid dienone is 2. The molecule has 1 fully saturated rings. The quantitative estimate of drug-likeness (QED) is 0.0744. The second-order valence-electron chi connectivity index (χ2n) is 20.1. The number of fused-ring (bicyclic) bond motifs is 4. The smallest absolute Gasteiger partial charge is 0.253 e. The van der Waals surface area contributed by atoms with E-state index in [2.05, 4.69) is 75.2 Å². The summed E-state index contributed by atoms with van der Waals surface area (Å²) in [7, 11) is 0. The molecule has 9 rings (SSSR count). The number of aryl methyl sites for hydroxylation is 3. The second-order valence-corrected chi connectivity index (χ2v) is 21.8. The highest BCUT2D eigenvalue weighted by Gasteiger charge is 2.43. The van der Waals surface area contributed by atoms with Crippen LogP contribution in [-0.2, 0) is 27.3 Å². The average Bonchev–Trinajstić information content (AvgIpc) is 4.06. The van der Waals surface area contributed by atoms with Gasteiger partial charge in [0.05, 0.1) is 17.0 Å². The third-order valence-corrected chi connectivity index (χ3v) is 16.3. The first-order valence-electron chi connectivity index (χ1n) is 26.0. The summed E-state index contributed by atoms with van der Waals surface area (Å²) in [4.78, 5) is 72.1. The van der Waals surface area contributed by atoms with Crippen LogP contribution < -0.4 is 15.8 Å². The number of aromatic amines is 1. The van der Waals surface area contributed by atoms with Gasteiger partial charge in [-0.1, -0.05) is 42.7 Å². The number of hydrogen-bond donors (Lipinski definition) is 2. The molecule has 0 radical (unpaired) electrons. The summed E-state index contributed by atoms with van der Waals surface area (Å²) in [6.45, 7) is 18.0. The highest BCUT2D eigenvalue weighted by molar-refractivity contribution is 8.03. The number of Topliss-reactive ketones (excluding diaryl/α,β-unsaturated/α-hetero) is 1. The van der Waals surface area contributed by atoms with Crippen molar-refractivity contribution in [2.24, 2.45) is 10.9 Å². The van der Waals surface area contributed by atoms with E-state index in [0.717, 1.165) is 74.9 Å². The number of ketones is 1. The topological polar surface area (TPSA) is 173 Å². The van der Waals surface area contributed by atoms with Crippen molar-refractivity contribution in [2.75, 3.05) is 44.3 Å². The summed E-state index contributed by atoms with van der Waals surface area (Å²) in [6.07, 6.45) is 7.67. The van der Waals surface area contributed by atoms with E-state index < -0.39 is 6.04 Å². The Kier molecular flexibility index (Phi) is 16.3. The minimum Gasteiger partial charge on any atom is -0.381 e. The highest BCUT2D eigenvalue weighted by Crippen LogP contribution is 2.53. The minimum absolute atomic E-state index is 0.0180. The fraction of sp³-hybridized carbons (Fsp3) is 0.439. The van der Waals surface area contributed by atoms with Crippen LogP contribution in [0.15, 0.2) is 93.3 Å². The highest BCUT2D eigenvalue weighted by atomic mass is 35.5. The van der Waals surface area contributed by atoms with Gasteiger partial charge in [-0.15, -0.1) is 22.0 Å². The normalized spacial score (nSPS) is 17.7. The summed E-state index contributed by atoms with van der Waals surface area (Å²) in [5, 5.41) is 13.6. The Bertz CT molecular complexity index is 3170. The molecule has 7 heterocycles. The number of nitrogens with one attached hydrogen (secondary N) is 2. The van der Waals surface area contributed by atoms with Gasteiger partial charge in [0.15, 0.2) is 5.82 Å². The van der Waals surface area contributed by atoms with Crippen LogP contribution in [0, 0.1) is 19.8 Å². The third kappa shape index (κ3) is 11.3. The number of anilines is 1. The molecule has 2 N–H and O–H groups in total. The van der Waals surface area contributed by atoms with Crippen molar-refractivity contribution in [1.29, 1.82) is 0 Å². The van der Waals surface area contributed by atoms with Crippen LogP contribution in [-0.4, -0.2) is 96.9 Å². The molecule has 0 aliphatic carbocycles. The number of hydrogen-bond acceptors (Lipinski definition) is 11. The monoisotopic (exact) mass is 1040 g/mol. The number of rotatable bonds is 19. The molecule has 1 saturated heterocycles. The zero-order valence-corrected chi connectivity index (χ0v) is 45.1. The molecular formula is C57H67ClN10O5S. The molecule has 2 amide bonds. The molecule has 388 valence electrons. The van der Waals surface area contributed by atoms with E-state index in [4.69, 9.17) is 26.3 Å². The standard InChI is InChI=1S/C57H67ClN10O5S/c1-8-11-40-28-35(4)61-56(72)47(40)33-60-55(71)46-29-42(30-49-45(46)20-21-67(49)34(2)3)41-16-19-50(59-32-41)65-22-24-66(25-23-65)51(70)13-10-27-73-26-9-12-44(69)31-48-54-64-63-38(7)68(54)57-52(36(5)37(6)74-57)53(62-48)39-14-17-43(58)18-15-39/h14-21,28-30,32,34,48,52,57H,8-13,22-27,31,33H2,1-7H3,(H,60,71)(H,61,72). The number of carbonyl (C=O) groups is 3. The first-order chi connectivity index (χ1) is 35.7. The number of carbonyl (C=O) groups excluding carboxylic acids is 3. The number of aromatic nitrogens is 6. The molecule has 2 aromatic carbocycles. The number of nitrogens with zero attached hydrogens (tertiary/aromatic N) is 8. The van der Waals surface area contributed by atoms with Gasteiger partial charge in [-0.25, -0.2) is 4.98 Å². The minimum atomic E-state index is -0.461. The van der Waals surface area contributed by atoms with E-state index in [1.807, 2.05) is 85.7 Å². The van der Waals surface area contributed by atoms with Crippen molar-refractivity contribution < 1.29 is 19.1 Å². The molecular weight excluding hydrogens is 972 g/mol. The number of pyridine rings is 2. The Morgan fingerprint density at radius 3 is 2.36 bits per heavy atom. The Morgan fingerprint density at radius 2 is 1.65 bits per heavy atom. The maximum absolute atomic E-state index is 14.0. The summed E-state index contributed by atoms with van der Waals surface area (Å²) >= 11 is 8.08. The van der Waals surface area contributed by atoms with Crippen LogP contribution in [0.5, 0.6) is 0 Å². The molecule has 4 aromatic heterocycles. The van der Waals surface area contributed by atoms with Crippen LogP contribution in [0.3, 0.4) is 0 Å². The van der Waals surface area contributed by atoms with Crippen LogP contribution >= 0.6 is 23.4 Å². The SMILES string of the molecule is CCCc1cc(C)[nH]c(=O)c1CNC(=O)c1cc(-c2ccc(N3CCN(C(=O)CCCOCCCC(=O)CC4N=C(c5ccc(Cl)cc5)C5C(C)=C(C)SC5n5c(C)nnc54)CC3)nc2)cc2c1ccn2C(C)C. The number of piperazine rings is 1. The van der Waals surface area contributed by atoms with Crippen molar-refractivity contribution in [3.63, 3.8) is 0 Å². The van der Waals surface area contributed by atoms with Crippen molar-refractivity contribution in [2.45, 2.75) is 117 Å². The lowest BCUT2D eigenvalue weighted by molar-refractivity contribution is -0.131. The number of amides is 2. The summed E-state index contributed by atoms with van der Waals surface area (Å²) < 4.78 is 10.3. The van der Waals surface area contributed by atoms with Crippen molar-refractivity contribution in [3.8, 4) is 11.1 Å². The van der Waals surface area contributed by atoms with Crippen molar-refractivity contribution in [1.82, 2.24) is 39.5 Å². The summed E-state index contributed by atoms with van der Waals surface area (Å²) in [6, 6.07) is 19.5.